The summed E-state index contributed by atoms with van der Waals surface area (Å²) in [6, 6.07) is 9.77. The number of rotatable bonds is 6. The van der Waals surface area contributed by atoms with Gasteiger partial charge in [-0.05, 0) is 55.8 Å². The third-order valence-corrected chi connectivity index (χ3v) is 4.71. The van der Waals surface area contributed by atoms with Gasteiger partial charge in [0.15, 0.2) is 5.76 Å². The maximum atomic E-state index is 13.3. The summed E-state index contributed by atoms with van der Waals surface area (Å²) in [5.41, 5.74) is 0.760. The lowest BCUT2D eigenvalue weighted by Gasteiger charge is -2.25. The Labute approximate surface area is 162 Å². The number of halogens is 1. The minimum atomic E-state index is -0.395. The second-order valence-corrected chi connectivity index (χ2v) is 6.95. The molecule has 2 aromatic heterocycles. The Morgan fingerprint density at radius 2 is 2.00 bits per heavy atom. The Morgan fingerprint density at radius 3 is 2.82 bits per heavy atom. The Morgan fingerprint density at radius 1 is 1.14 bits per heavy atom. The molecule has 28 heavy (non-hydrogen) atoms. The van der Waals surface area contributed by atoms with Crippen molar-refractivity contribution in [3.05, 3.63) is 65.6 Å². The molecular formula is C20H22FN5O2. The minimum Gasteiger partial charge on any atom is -0.455 e. The first-order valence-corrected chi connectivity index (χ1v) is 9.42. The molecule has 1 aliphatic rings. The molecule has 3 heterocycles. The lowest BCUT2D eigenvalue weighted by atomic mass is 10.1. The van der Waals surface area contributed by atoms with Crippen molar-refractivity contribution in [1.82, 2.24) is 19.7 Å². The van der Waals surface area contributed by atoms with Crippen LogP contribution in [0.2, 0.25) is 0 Å². The fraction of sp³-hybridized carbons (Fsp3) is 0.350. The highest BCUT2D eigenvalue weighted by molar-refractivity contribution is 6.01. The summed E-state index contributed by atoms with van der Waals surface area (Å²) in [5, 5.41) is 6.83. The van der Waals surface area contributed by atoms with Crippen LogP contribution in [0.25, 0.3) is 0 Å². The van der Waals surface area contributed by atoms with Gasteiger partial charge in [-0.3, -0.25) is 15.0 Å². The molecule has 0 unspecified atom stereocenters. The summed E-state index contributed by atoms with van der Waals surface area (Å²) in [6.45, 7) is 3.21. The molecule has 1 aliphatic heterocycles. The molecule has 1 saturated heterocycles. The predicted molar refractivity (Wildman–Crippen MR) is 101 cm³/mol. The van der Waals surface area contributed by atoms with Crippen LogP contribution in [-0.4, -0.2) is 38.7 Å². The number of benzene rings is 1. The summed E-state index contributed by atoms with van der Waals surface area (Å²) in [5.74, 6) is 0.484. The Balaban J connectivity index is 1.34. The van der Waals surface area contributed by atoms with E-state index in [2.05, 4.69) is 20.3 Å². The number of carbonyl (C=O) groups is 1. The van der Waals surface area contributed by atoms with Crippen LogP contribution in [0.4, 0.5) is 10.3 Å². The molecule has 0 saturated carbocycles. The van der Waals surface area contributed by atoms with E-state index < -0.39 is 5.91 Å². The topological polar surface area (TPSA) is 76.2 Å². The smallest absolute Gasteiger partial charge is 0.293 e. The molecule has 1 fully saturated rings. The molecule has 1 amide bonds. The average molecular weight is 383 g/mol. The number of amides is 1. The van der Waals surface area contributed by atoms with Crippen molar-refractivity contribution in [2.45, 2.75) is 32.4 Å². The van der Waals surface area contributed by atoms with Gasteiger partial charge >= 0.3 is 0 Å². The third kappa shape index (κ3) is 4.64. The van der Waals surface area contributed by atoms with Gasteiger partial charge in [-0.2, -0.15) is 0 Å². The Hall–Kier alpha value is -3.00. The highest BCUT2D eigenvalue weighted by Gasteiger charge is 2.16. The van der Waals surface area contributed by atoms with Crippen LogP contribution in [0.3, 0.4) is 0 Å². The molecule has 3 aromatic rings. The van der Waals surface area contributed by atoms with Gasteiger partial charge in [0, 0.05) is 0 Å². The zero-order valence-electron chi connectivity index (χ0n) is 15.5. The first-order valence-electron chi connectivity index (χ1n) is 9.42. The molecule has 1 aromatic carbocycles. The van der Waals surface area contributed by atoms with Crippen molar-refractivity contribution >= 4 is 11.9 Å². The Kier molecular flexibility index (Phi) is 5.48. The number of aromatic nitrogens is 3. The van der Waals surface area contributed by atoms with Gasteiger partial charge in [0.05, 0.1) is 13.1 Å². The maximum absolute atomic E-state index is 13.3. The summed E-state index contributed by atoms with van der Waals surface area (Å²) >= 11 is 0. The van der Waals surface area contributed by atoms with Gasteiger partial charge in [-0.25, -0.2) is 14.1 Å². The van der Waals surface area contributed by atoms with Crippen LogP contribution in [0, 0.1) is 5.82 Å². The van der Waals surface area contributed by atoms with E-state index in [-0.39, 0.29) is 17.5 Å². The zero-order chi connectivity index (χ0) is 19.3. The van der Waals surface area contributed by atoms with Crippen LogP contribution < -0.4 is 5.32 Å². The SMILES string of the molecule is O=C(Nc1ncn(Cc2cccc(F)c2)n1)c1ccc(CN2CCCCC2)o1. The maximum Gasteiger partial charge on any atom is 0.293 e. The summed E-state index contributed by atoms with van der Waals surface area (Å²) in [4.78, 5) is 18.8. The van der Waals surface area contributed by atoms with Crippen molar-refractivity contribution in [3.63, 3.8) is 0 Å². The van der Waals surface area contributed by atoms with E-state index in [0.717, 1.165) is 24.4 Å². The van der Waals surface area contributed by atoms with Gasteiger partial charge < -0.3 is 4.42 Å². The van der Waals surface area contributed by atoms with Gasteiger partial charge in [-0.15, -0.1) is 5.10 Å². The van der Waals surface area contributed by atoms with Crippen molar-refractivity contribution in [1.29, 1.82) is 0 Å². The summed E-state index contributed by atoms with van der Waals surface area (Å²) < 4.78 is 20.5. The molecule has 1 N–H and O–H groups in total. The highest BCUT2D eigenvalue weighted by atomic mass is 19.1. The molecule has 0 aliphatic carbocycles. The quantitative estimate of drug-likeness (QED) is 0.707. The number of anilines is 1. The number of nitrogens with one attached hydrogen (secondary N) is 1. The third-order valence-electron chi connectivity index (χ3n) is 4.71. The molecular weight excluding hydrogens is 361 g/mol. The lowest BCUT2D eigenvalue weighted by molar-refractivity contribution is 0.0991. The average Bonchev–Trinajstić information content (AvgIpc) is 3.32. The zero-order valence-corrected chi connectivity index (χ0v) is 15.5. The minimum absolute atomic E-state index is 0.176. The molecule has 0 bridgehead atoms. The van der Waals surface area contributed by atoms with Crippen molar-refractivity contribution in [3.8, 4) is 0 Å². The molecule has 7 nitrogen and oxygen atoms in total. The number of likely N-dealkylation sites (tertiary alicyclic amines) is 1. The lowest BCUT2D eigenvalue weighted by Crippen LogP contribution is -2.28. The number of hydrogen-bond donors (Lipinski definition) is 1. The first kappa shape index (κ1) is 18.4. The van der Waals surface area contributed by atoms with E-state index in [4.69, 9.17) is 4.42 Å². The molecule has 0 atom stereocenters. The second-order valence-electron chi connectivity index (χ2n) is 6.95. The van der Waals surface area contributed by atoms with Crippen molar-refractivity contribution < 1.29 is 13.6 Å². The predicted octanol–water partition coefficient (Wildman–Crippen LogP) is 3.30. The molecule has 8 heteroatoms. The van der Waals surface area contributed by atoms with E-state index in [1.54, 1.807) is 18.2 Å². The largest absolute Gasteiger partial charge is 0.455 e. The molecule has 4 rings (SSSR count). The van der Waals surface area contributed by atoms with Crippen LogP contribution in [0.15, 0.2) is 47.1 Å². The van der Waals surface area contributed by atoms with Crippen LogP contribution in [0.1, 0.15) is 41.1 Å². The van der Waals surface area contributed by atoms with Crippen LogP contribution >= 0.6 is 0 Å². The standard InChI is InChI=1S/C20H22FN5O2/c21-16-6-4-5-15(11-16)12-26-14-22-20(24-26)23-19(27)18-8-7-17(28-18)13-25-9-2-1-3-10-25/h4-8,11,14H,1-3,9-10,12-13H2,(H,23,24,27). The number of nitrogens with zero attached hydrogens (tertiary/aromatic N) is 4. The van der Waals surface area contributed by atoms with Gasteiger partial charge in [0.1, 0.15) is 17.9 Å². The van der Waals surface area contributed by atoms with E-state index >= 15 is 0 Å². The molecule has 146 valence electrons. The number of carbonyl (C=O) groups excluding carboxylic acids is 1. The normalized spacial score (nSPS) is 14.9. The summed E-state index contributed by atoms with van der Waals surface area (Å²) in [7, 11) is 0. The number of furan rings is 1. The van der Waals surface area contributed by atoms with Crippen molar-refractivity contribution in [2.75, 3.05) is 18.4 Å². The highest BCUT2D eigenvalue weighted by Crippen LogP contribution is 2.16. The van der Waals surface area contributed by atoms with Gasteiger partial charge in [-0.1, -0.05) is 18.6 Å². The molecule has 0 spiro atoms. The molecule has 0 radical (unpaired) electrons. The fourth-order valence-corrected chi connectivity index (χ4v) is 3.34. The van der Waals surface area contributed by atoms with Gasteiger partial charge in [0.2, 0.25) is 5.95 Å². The van der Waals surface area contributed by atoms with Crippen LogP contribution in [0.5, 0.6) is 0 Å². The summed E-state index contributed by atoms with van der Waals surface area (Å²) in [6.07, 6.45) is 5.18. The van der Waals surface area contributed by atoms with Gasteiger partial charge in [0.25, 0.3) is 5.91 Å². The monoisotopic (exact) mass is 383 g/mol. The van der Waals surface area contributed by atoms with Crippen molar-refractivity contribution in [2.24, 2.45) is 0 Å². The van der Waals surface area contributed by atoms with E-state index in [1.807, 2.05) is 6.07 Å². The Bertz CT molecular complexity index is 945. The van der Waals surface area contributed by atoms with E-state index in [0.29, 0.717) is 13.1 Å². The first-order chi connectivity index (χ1) is 13.7. The van der Waals surface area contributed by atoms with E-state index in [1.165, 1.54) is 42.4 Å². The van der Waals surface area contributed by atoms with Crippen LogP contribution in [-0.2, 0) is 13.1 Å². The number of piperidine rings is 1. The number of hydrogen-bond acceptors (Lipinski definition) is 5. The van der Waals surface area contributed by atoms with E-state index in [9.17, 15) is 9.18 Å². The fourth-order valence-electron chi connectivity index (χ4n) is 3.34. The second kappa shape index (κ2) is 8.35.